The monoisotopic (exact) mass is 362 g/mol. The van der Waals surface area contributed by atoms with Crippen molar-refractivity contribution in [3.05, 3.63) is 81.9 Å². The van der Waals surface area contributed by atoms with Crippen LogP contribution in [-0.2, 0) is 0 Å². The molecule has 0 N–H and O–H groups in total. The minimum atomic E-state index is 1.38. The standard InChI is InChI=1S/C28H26/c1-15-21-11-7-8-12-22(21)16(2)26-20(6)28-18(4)24-14-10-9-13-23(24)17(3)27(28)19(5)25(15)26/h7-14H,1-6H3. The maximum atomic E-state index is 2.33. The molecule has 0 bridgehead atoms. The molecule has 0 radical (unpaired) electrons. The first-order valence-electron chi connectivity index (χ1n) is 10.2. The smallest absolute Gasteiger partial charge is 0.0107 e. The molecule has 28 heavy (non-hydrogen) atoms. The van der Waals surface area contributed by atoms with E-state index in [9.17, 15) is 0 Å². The SMILES string of the molecule is Cc1c2ccccc2c(C)c2c(C)c3c(C)c4ccccc4c(C)c3c(C)c12. The highest BCUT2D eigenvalue weighted by molar-refractivity contribution is 6.18. The van der Waals surface area contributed by atoms with Crippen LogP contribution in [0.15, 0.2) is 48.5 Å². The Hall–Kier alpha value is -2.86. The number of fused-ring (bicyclic) bond motifs is 4. The summed E-state index contributed by atoms with van der Waals surface area (Å²) in [5.74, 6) is 0. The largest absolute Gasteiger partial charge is 0.0616 e. The first kappa shape index (κ1) is 17.3. The summed E-state index contributed by atoms with van der Waals surface area (Å²) in [5.41, 5.74) is 8.47. The highest BCUT2D eigenvalue weighted by Crippen LogP contribution is 2.44. The average Bonchev–Trinajstić information content (AvgIpc) is 2.71. The Morgan fingerprint density at radius 2 is 0.536 bits per heavy atom. The molecular formula is C28H26. The van der Waals surface area contributed by atoms with Crippen LogP contribution in [0.1, 0.15) is 33.4 Å². The number of rotatable bonds is 0. The van der Waals surface area contributed by atoms with Crippen molar-refractivity contribution in [2.75, 3.05) is 0 Å². The van der Waals surface area contributed by atoms with Gasteiger partial charge < -0.3 is 0 Å². The summed E-state index contributed by atoms with van der Waals surface area (Å²) in [6.07, 6.45) is 0. The molecule has 0 heteroatoms. The highest BCUT2D eigenvalue weighted by Gasteiger charge is 2.19. The molecule has 5 rings (SSSR count). The number of aryl methyl sites for hydroxylation is 6. The molecule has 0 unspecified atom stereocenters. The molecule has 0 aliphatic rings. The van der Waals surface area contributed by atoms with E-state index in [0.29, 0.717) is 0 Å². The quantitative estimate of drug-likeness (QED) is 0.244. The minimum Gasteiger partial charge on any atom is -0.0616 e. The van der Waals surface area contributed by atoms with E-state index < -0.39 is 0 Å². The van der Waals surface area contributed by atoms with Gasteiger partial charge in [-0.1, -0.05) is 48.5 Å². The third kappa shape index (κ3) is 2.01. The van der Waals surface area contributed by atoms with E-state index in [1.54, 1.807) is 0 Å². The van der Waals surface area contributed by atoms with Gasteiger partial charge in [0.15, 0.2) is 0 Å². The molecule has 0 nitrogen and oxygen atoms in total. The zero-order valence-corrected chi connectivity index (χ0v) is 17.6. The third-order valence-electron chi connectivity index (χ3n) is 6.97. The molecule has 5 aromatic rings. The predicted molar refractivity (Wildman–Crippen MR) is 125 cm³/mol. The second-order valence-corrected chi connectivity index (χ2v) is 8.34. The first-order valence-corrected chi connectivity index (χ1v) is 10.2. The van der Waals surface area contributed by atoms with Gasteiger partial charge in [-0.2, -0.15) is 0 Å². The van der Waals surface area contributed by atoms with E-state index in [0.717, 1.165) is 0 Å². The van der Waals surface area contributed by atoms with Crippen LogP contribution in [0.25, 0.3) is 43.1 Å². The van der Waals surface area contributed by atoms with E-state index >= 15 is 0 Å². The molecule has 0 aromatic heterocycles. The lowest BCUT2D eigenvalue weighted by atomic mass is 9.81. The van der Waals surface area contributed by atoms with Crippen LogP contribution in [0, 0.1) is 41.5 Å². The fourth-order valence-electron chi connectivity index (χ4n) is 5.69. The van der Waals surface area contributed by atoms with Gasteiger partial charge in [-0.05, 0) is 118 Å². The maximum Gasteiger partial charge on any atom is -0.0107 e. The Morgan fingerprint density at radius 1 is 0.321 bits per heavy atom. The number of hydrogen-bond donors (Lipinski definition) is 0. The minimum absolute atomic E-state index is 1.38. The first-order chi connectivity index (χ1) is 13.4. The van der Waals surface area contributed by atoms with E-state index in [2.05, 4.69) is 90.1 Å². The molecule has 0 atom stereocenters. The summed E-state index contributed by atoms with van der Waals surface area (Å²) < 4.78 is 0. The van der Waals surface area contributed by atoms with Crippen molar-refractivity contribution in [1.29, 1.82) is 0 Å². The Labute approximate surface area is 166 Å². The lowest BCUT2D eigenvalue weighted by Gasteiger charge is -2.22. The summed E-state index contributed by atoms with van der Waals surface area (Å²) in [4.78, 5) is 0. The molecular weight excluding hydrogens is 336 g/mol. The fraction of sp³-hybridized carbons (Fsp3) is 0.214. The van der Waals surface area contributed by atoms with Crippen LogP contribution in [0.5, 0.6) is 0 Å². The van der Waals surface area contributed by atoms with Gasteiger partial charge in [0.1, 0.15) is 0 Å². The van der Waals surface area contributed by atoms with Gasteiger partial charge in [0.2, 0.25) is 0 Å². The van der Waals surface area contributed by atoms with Crippen molar-refractivity contribution in [3.63, 3.8) is 0 Å². The summed E-state index contributed by atoms with van der Waals surface area (Å²) in [7, 11) is 0. The van der Waals surface area contributed by atoms with Gasteiger partial charge in [0.25, 0.3) is 0 Å². The Balaban J connectivity index is 2.19. The zero-order valence-electron chi connectivity index (χ0n) is 17.6. The van der Waals surface area contributed by atoms with Gasteiger partial charge in [0, 0.05) is 0 Å². The van der Waals surface area contributed by atoms with Crippen LogP contribution in [0.4, 0.5) is 0 Å². The van der Waals surface area contributed by atoms with Crippen molar-refractivity contribution >= 4 is 43.1 Å². The van der Waals surface area contributed by atoms with Crippen molar-refractivity contribution < 1.29 is 0 Å². The van der Waals surface area contributed by atoms with E-state index in [-0.39, 0.29) is 0 Å². The lowest BCUT2D eigenvalue weighted by molar-refractivity contribution is 1.42. The second kappa shape index (κ2) is 5.82. The third-order valence-corrected chi connectivity index (χ3v) is 6.97. The van der Waals surface area contributed by atoms with Crippen LogP contribution >= 0.6 is 0 Å². The summed E-state index contributed by atoms with van der Waals surface area (Å²) >= 11 is 0. The molecule has 0 aliphatic carbocycles. The molecule has 0 saturated carbocycles. The summed E-state index contributed by atoms with van der Waals surface area (Å²) in [5, 5.41) is 11.3. The van der Waals surface area contributed by atoms with Gasteiger partial charge in [-0.3, -0.25) is 0 Å². The normalized spacial score (nSPS) is 11.9. The van der Waals surface area contributed by atoms with Crippen molar-refractivity contribution in [3.8, 4) is 0 Å². The molecule has 0 spiro atoms. The zero-order chi connectivity index (χ0) is 19.7. The molecule has 0 aliphatic heterocycles. The number of hydrogen-bond acceptors (Lipinski definition) is 0. The Kier molecular flexibility index (Phi) is 3.58. The molecule has 0 amide bonds. The average molecular weight is 363 g/mol. The second-order valence-electron chi connectivity index (χ2n) is 8.34. The molecule has 5 aromatic carbocycles. The van der Waals surface area contributed by atoms with Gasteiger partial charge in [0.05, 0.1) is 0 Å². The van der Waals surface area contributed by atoms with Crippen molar-refractivity contribution in [1.82, 2.24) is 0 Å². The fourth-order valence-corrected chi connectivity index (χ4v) is 5.69. The molecule has 138 valence electrons. The van der Waals surface area contributed by atoms with Gasteiger partial charge in [-0.15, -0.1) is 0 Å². The van der Waals surface area contributed by atoms with E-state index in [1.165, 1.54) is 76.5 Å². The van der Waals surface area contributed by atoms with Crippen molar-refractivity contribution in [2.45, 2.75) is 41.5 Å². The van der Waals surface area contributed by atoms with Gasteiger partial charge >= 0.3 is 0 Å². The van der Waals surface area contributed by atoms with Crippen LogP contribution < -0.4 is 0 Å². The topological polar surface area (TPSA) is 0 Å². The molecule has 0 heterocycles. The maximum absolute atomic E-state index is 2.33. The number of benzene rings is 5. The van der Waals surface area contributed by atoms with Crippen LogP contribution in [0.3, 0.4) is 0 Å². The van der Waals surface area contributed by atoms with Crippen LogP contribution in [0.2, 0.25) is 0 Å². The summed E-state index contributed by atoms with van der Waals surface area (Å²) in [6, 6.07) is 17.7. The Bertz CT molecular complexity index is 1230. The molecule has 0 fully saturated rings. The highest BCUT2D eigenvalue weighted by atomic mass is 14.2. The van der Waals surface area contributed by atoms with Crippen LogP contribution in [-0.4, -0.2) is 0 Å². The summed E-state index contributed by atoms with van der Waals surface area (Å²) in [6.45, 7) is 13.8. The Morgan fingerprint density at radius 3 is 0.750 bits per heavy atom. The lowest BCUT2D eigenvalue weighted by Crippen LogP contribution is -1.99. The predicted octanol–water partition coefficient (Wildman–Crippen LogP) is 8.15. The molecule has 0 saturated heterocycles. The van der Waals surface area contributed by atoms with Crippen molar-refractivity contribution in [2.24, 2.45) is 0 Å². The van der Waals surface area contributed by atoms with E-state index in [4.69, 9.17) is 0 Å². The van der Waals surface area contributed by atoms with Gasteiger partial charge in [-0.25, -0.2) is 0 Å². The van der Waals surface area contributed by atoms with E-state index in [1.807, 2.05) is 0 Å².